The Morgan fingerprint density at radius 1 is 1.04 bits per heavy atom. The number of fused-ring (bicyclic) bond motifs is 1. The van der Waals surface area contributed by atoms with Crippen molar-refractivity contribution in [2.45, 2.75) is 38.5 Å². The van der Waals surface area contributed by atoms with E-state index in [-0.39, 0.29) is 0 Å². The highest BCUT2D eigenvalue weighted by Gasteiger charge is 2.26. The number of rotatable bonds is 4. The number of benzene rings is 1. The molecule has 26 heavy (non-hydrogen) atoms. The van der Waals surface area contributed by atoms with Gasteiger partial charge in [-0.2, -0.15) is 0 Å². The van der Waals surface area contributed by atoms with E-state index in [1.807, 2.05) is 12.3 Å². The van der Waals surface area contributed by atoms with Crippen LogP contribution in [0.5, 0.6) is 0 Å². The summed E-state index contributed by atoms with van der Waals surface area (Å²) < 4.78 is 5.40. The Balaban J connectivity index is 1.31. The molecule has 0 aliphatic carbocycles. The number of nitrogens with zero attached hydrogens (tertiary/aromatic N) is 2. The minimum Gasteiger partial charge on any atom is -0.381 e. The first-order chi connectivity index (χ1) is 12.8. The lowest BCUT2D eigenvalue weighted by Gasteiger charge is -2.33. The molecule has 2 aliphatic heterocycles. The number of amides is 1. The fourth-order valence-corrected chi connectivity index (χ4v) is 4.37. The third-order valence-corrected chi connectivity index (χ3v) is 6.02. The Bertz CT molecular complexity index is 741. The van der Waals surface area contributed by atoms with Crippen LogP contribution in [-0.2, 0) is 16.0 Å². The fourth-order valence-electron chi connectivity index (χ4n) is 4.37. The standard InChI is InChI=1S/C22H28N2O2/c25-22(16-18-8-13-26-14-9-18)24-11-6-17(7-12-24)15-19-3-1-5-21-20(19)4-2-10-23-21/h1-5,10,17-18H,6-9,11-16H2. The van der Waals surface area contributed by atoms with E-state index in [0.717, 1.165) is 63.9 Å². The van der Waals surface area contributed by atoms with Crippen molar-refractivity contribution in [2.24, 2.45) is 11.8 Å². The lowest BCUT2D eigenvalue weighted by molar-refractivity contribution is -0.134. The lowest BCUT2D eigenvalue weighted by atomic mass is 9.88. The minimum absolute atomic E-state index is 0.352. The molecule has 0 unspecified atom stereocenters. The number of hydrogen-bond acceptors (Lipinski definition) is 3. The predicted octanol–water partition coefficient (Wildman–Crippen LogP) is 3.83. The number of carbonyl (C=O) groups excluding carboxylic acids is 1. The maximum Gasteiger partial charge on any atom is 0.222 e. The van der Waals surface area contributed by atoms with Gasteiger partial charge in [0.2, 0.25) is 5.91 Å². The third kappa shape index (κ3) is 4.07. The molecule has 0 bridgehead atoms. The second-order valence-corrected chi connectivity index (χ2v) is 7.78. The van der Waals surface area contributed by atoms with Crippen molar-refractivity contribution in [3.63, 3.8) is 0 Å². The van der Waals surface area contributed by atoms with Gasteiger partial charge in [0.05, 0.1) is 5.52 Å². The zero-order valence-corrected chi connectivity index (χ0v) is 15.4. The molecule has 2 aliphatic rings. The van der Waals surface area contributed by atoms with Gasteiger partial charge in [-0.1, -0.05) is 18.2 Å². The van der Waals surface area contributed by atoms with Crippen molar-refractivity contribution < 1.29 is 9.53 Å². The summed E-state index contributed by atoms with van der Waals surface area (Å²) in [6, 6.07) is 10.6. The Hall–Kier alpha value is -1.94. The van der Waals surface area contributed by atoms with Crippen molar-refractivity contribution in [3.05, 3.63) is 42.1 Å². The highest BCUT2D eigenvalue weighted by Crippen LogP contribution is 2.27. The van der Waals surface area contributed by atoms with Crippen LogP contribution in [-0.4, -0.2) is 42.1 Å². The molecular formula is C22H28N2O2. The van der Waals surface area contributed by atoms with E-state index in [4.69, 9.17) is 4.74 Å². The quantitative estimate of drug-likeness (QED) is 0.840. The van der Waals surface area contributed by atoms with Crippen molar-refractivity contribution in [2.75, 3.05) is 26.3 Å². The molecule has 1 amide bonds. The minimum atomic E-state index is 0.352. The van der Waals surface area contributed by atoms with Crippen molar-refractivity contribution >= 4 is 16.8 Å². The van der Waals surface area contributed by atoms with Gasteiger partial charge >= 0.3 is 0 Å². The van der Waals surface area contributed by atoms with Gasteiger partial charge in [-0.25, -0.2) is 0 Å². The van der Waals surface area contributed by atoms with Crippen LogP contribution in [0.15, 0.2) is 36.5 Å². The first kappa shape index (κ1) is 17.5. The molecule has 138 valence electrons. The van der Waals surface area contributed by atoms with E-state index >= 15 is 0 Å². The van der Waals surface area contributed by atoms with Crippen LogP contribution in [0.2, 0.25) is 0 Å². The number of carbonyl (C=O) groups is 1. The van der Waals surface area contributed by atoms with Gasteiger partial charge in [-0.15, -0.1) is 0 Å². The summed E-state index contributed by atoms with van der Waals surface area (Å²) in [5, 5.41) is 1.27. The van der Waals surface area contributed by atoms with Gasteiger partial charge in [-0.05, 0) is 61.6 Å². The molecule has 2 aromatic rings. The maximum absolute atomic E-state index is 12.6. The molecule has 1 aromatic heterocycles. The molecule has 2 fully saturated rings. The molecule has 1 aromatic carbocycles. The molecule has 0 atom stereocenters. The summed E-state index contributed by atoms with van der Waals surface area (Å²) in [6.07, 6.45) is 7.95. The van der Waals surface area contributed by atoms with Crippen LogP contribution >= 0.6 is 0 Å². The van der Waals surface area contributed by atoms with Crippen LogP contribution in [0.1, 0.15) is 37.7 Å². The number of ether oxygens (including phenoxy) is 1. The van der Waals surface area contributed by atoms with Crippen molar-refractivity contribution in [1.82, 2.24) is 9.88 Å². The highest BCUT2D eigenvalue weighted by molar-refractivity contribution is 5.82. The summed E-state index contributed by atoms with van der Waals surface area (Å²) >= 11 is 0. The van der Waals surface area contributed by atoms with Gasteiger partial charge in [-0.3, -0.25) is 9.78 Å². The smallest absolute Gasteiger partial charge is 0.222 e. The molecule has 4 rings (SSSR count). The van der Waals surface area contributed by atoms with Gasteiger partial charge in [0.25, 0.3) is 0 Å². The summed E-state index contributed by atoms with van der Waals surface area (Å²) in [6.45, 7) is 3.46. The Labute approximate surface area is 155 Å². The van der Waals surface area contributed by atoms with E-state index in [0.29, 0.717) is 24.2 Å². The second kappa shape index (κ2) is 8.17. The van der Waals surface area contributed by atoms with E-state index in [1.54, 1.807) is 0 Å². The van der Waals surface area contributed by atoms with E-state index in [1.165, 1.54) is 10.9 Å². The monoisotopic (exact) mass is 352 g/mol. The van der Waals surface area contributed by atoms with Crippen molar-refractivity contribution in [1.29, 1.82) is 0 Å². The van der Waals surface area contributed by atoms with Gasteiger partial charge in [0, 0.05) is 44.3 Å². The Kier molecular flexibility index (Phi) is 5.49. The van der Waals surface area contributed by atoms with Crippen LogP contribution < -0.4 is 0 Å². The van der Waals surface area contributed by atoms with Crippen LogP contribution in [0.4, 0.5) is 0 Å². The number of likely N-dealkylation sites (tertiary alicyclic amines) is 1. The van der Waals surface area contributed by atoms with E-state index in [9.17, 15) is 4.79 Å². The summed E-state index contributed by atoms with van der Waals surface area (Å²) in [5.41, 5.74) is 2.47. The second-order valence-electron chi connectivity index (χ2n) is 7.78. The molecule has 4 nitrogen and oxygen atoms in total. The largest absolute Gasteiger partial charge is 0.381 e. The molecule has 0 saturated carbocycles. The number of pyridine rings is 1. The normalized spacial score (nSPS) is 19.8. The van der Waals surface area contributed by atoms with Gasteiger partial charge < -0.3 is 9.64 Å². The summed E-state index contributed by atoms with van der Waals surface area (Å²) in [7, 11) is 0. The molecular weight excluding hydrogens is 324 g/mol. The fraction of sp³-hybridized carbons (Fsp3) is 0.545. The first-order valence-electron chi connectivity index (χ1n) is 9.98. The summed E-state index contributed by atoms with van der Waals surface area (Å²) in [5.74, 6) is 1.54. The molecule has 2 saturated heterocycles. The van der Waals surface area contributed by atoms with Crippen molar-refractivity contribution in [3.8, 4) is 0 Å². The topological polar surface area (TPSA) is 42.4 Å². The Morgan fingerprint density at radius 2 is 1.85 bits per heavy atom. The number of hydrogen-bond donors (Lipinski definition) is 0. The molecule has 0 radical (unpaired) electrons. The number of piperidine rings is 1. The molecule has 3 heterocycles. The molecule has 0 N–H and O–H groups in total. The average molecular weight is 352 g/mol. The SMILES string of the molecule is O=C(CC1CCOCC1)N1CCC(Cc2cccc3ncccc23)CC1. The molecule has 4 heteroatoms. The lowest BCUT2D eigenvalue weighted by Crippen LogP contribution is -2.40. The number of aromatic nitrogens is 1. The van der Waals surface area contributed by atoms with Gasteiger partial charge in [0.15, 0.2) is 0 Å². The predicted molar refractivity (Wildman–Crippen MR) is 103 cm³/mol. The maximum atomic E-state index is 12.6. The average Bonchev–Trinajstić information content (AvgIpc) is 2.70. The van der Waals surface area contributed by atoms with Crippen LogP contribution in [0, 0.1) is 11.8 Å². The Morgan fingerprint density at radius 3 is 2.65 bits per heavy atom. The van der Waals surface area contributed by atoms with E-state index in [2.05, 4.69) is 34.1 Å². The molecule has 0 spiro atoms. The summed E-state index contributed by atoms with van der Waals surface area (Å²) in [4.78, 5) is 19.1. The first-order valence-corrected chi connectivity index (χ1v) is 9.98. The zero-order chi connectivity index (χ0) is 17.8. The van der Waals surface area contributed by atoms with Crippen LogP contribution in [0.25, 0.3) is 10.9 Å². The third-order valence-electron chi connectivity index (χ3n) is 6.02. The van der Waals surface area contributed by atoms with Gasteiger partial charge in [0.1, 0.15) is 0 Å². The van der Waals surface area contributed by atoms with Crippen LogP contribution in [0.3, 0.4) is 0 Å². The highest BCUT2D eigenvalue weighted by atomic mass is 16.5. The zero-order valence-electron chi connectivity index (χ0n) is 15.4. The van der Waals surface area contributed by atoms with E-state index < -0.39 is 0 Å².